The molecule has 104 valence electrons. The van der Waals surface area contributed by atoms with E-state index in [1.54, 1.807) is 0 Å². The fourth-order valence-electron chi connectivity index (χ4n) is 1.29. The highest BCUT2D eigenvalue weighted by Crippen LogP contribution is 2.22. The van der Waals surface area contributed by atoms with E-state index in [4.69, 9.17) is 5.11 Å². The van der Waals surface area contributed by atoms with Gasteiger partial charge in [-0.2, -0.15) is 4.39 Å². The number of hydrogen-bond acceptors (Lipinski definition) is 4. The van der Waals surface area contributed by atoms with Gasteiger partial charge < -0.3 is 10.4 Å². The molecule has 1 amide bonds. The van der Waals surface area contributed by atoms with Crippen LogP contribution in [0, 0.1) is 21.7 Å². The van der Waals surface area contributed by atoms with Crippen molar-refractivity contribution >= 4 is 11.6 Å². The van der Waals surface area contributed by atoms with Gasteiger partial charge in [0.05, 0.1) is 28.7 Å². The topological polar surface area (TPSA) is 92.5 Å². The van der Waals surface area contributed by atoms with Crippen LogP contribution in [-0.2, 0) is 0 Å². The maximum Gasteiger partial charge on any atom is 0.308 e. The molecule has 1 rings (SSSR count). The van der Waals surface area contributed by atoms with Crippen molar-refractivity contribution in [3.8, 4) is 0 Å². The molecule has 0 atom stereocenters. The summed E-state index contributed by atoms with van der Waals surface area (Å²) in [6, 6.07) is 0.953. The molecule has 2 N–H and O–H groups in total. The fourth-order valence-corrected chi connectivity index (χ4v) is 1.29. The van der Waals surface area contributed by atoms with E-state index >= 15 is 0 Å². The van der Waals surface area contributed by atoms with Gasteiger partial charge in [-0.3, -0.25) is 14.9 Å². The first-order chi connectivity index (χ1) is 8.68. The molecule has 0 saturated carbocycles. The molecule has 0 aliphatic rings. The first kappa shape index (κ1) is 15.0. The lowest BCUT2D eigenvalue weighted by molar-refractivity contribution is -0.387. The third-order valence-corrected chi connectivity index (χ3v) is 2.31. The van der Waals surface area contributed by atoms with Crippen LogP contribution in [0.25, 0.3) is 0 Å². The highest BCUT2D eigenvalue weighted by molar-refractivity contribution is 5.95. The largest absolute Gasteiger partial charge is 0.394 e. The summed E-state index contributed by atoms with van der Waals surface area (Å²) in [4.78, 5) is 21.1. The van der Waals surface area contributed by atoms with Gasteiger partial charge in [0, 0.05) is 0 Å². The Morgan fingerprint density at radius 2 is 2.05 bits per heavy atom. The number of nitrogens with one attached hydrogen (secondary N) is 1. The number of benzene rings is 1. The number of rotatable bonds is 4. The van der Waals surface area contributed by atoms with Gasteiger partial charge in [0.15, 0.2) is 0 Å². The molecule has 6 nitrogen and oxygen atoms in total. The summed E-state index contributed by atoms with van der Waals surface area (Å²) in [7, 11) is 0. The minimum absolute atomic E-state index is 0.392. The molecule has 0 heterocycles. The molecular weight excluding hydrogens is 262 g/mol. The molecule has 19 heavy (non-hydrogen) atoms. The van der Waals surface area contributed by atoms with E-state index in [0.29, 0.717) is 12.1 Å². The molecular formula is C11H12F2N2O4. The quantitative estimate of drug-likeness (QED) is 0.640. The minimum Gasteiger partial charge on any atom is -0.394 e. The summed E-state index contributed by atoms with van der Waals surface area (Å²) in [6.45, 7) is 2.48. The van der Waals surface area contributed by atoms with Crippen LogP contribution >= 0.6 is 0 Å². The molecule has 0 saturated heterocycles. The van der Waals surface area contributed by atoms with Crippen molar-refractivity contribution in [2.24, 2.45) is 0 Å². The molecule has 0 unspecified atom stereocenters. The summed E-state index contributed by atoms with van der Waals surface area (Å²) >= 11 is 0. The number of amides is 1. The van der Waals surface area contributed by atoms with Gasteiger partial charge in [-0.15, -0.1) is 0 Å². The van der Waals surface area contributed by atoms with Crippen LogP contribution < -0.4 is 5.32 Å². The summed E-state index contributed by atoms with van der Waals surface area (Å²) < 4.78 is 26.8. The Morgan fingerprint density at radius 3 is 2.53 bits per heavy atom. The Balaban J connectivity index is 3.21. The normalized spacial score (nSPS) is 11.2. The van der Waals surface area contributed by atoms with Gasteiger partial charge in [0.1, 0.15) is 5.82 Å². The molecule has 1 aromatic rings. The number of halogens is 2. The van der Waals surface area contributed by atoms with Gasteiger partial charge in [0.2, 0.25) is 5.82 Å². The summed E-state index contributed by atoms with van der Waals surface area (Å²) in [6.07, 6.45) is 0. The lowest BCUT2D eigenvalue weighted by Crippen LogP contribution is -2.46. The van der Waals surface area contributed by atoms with Crippen molar-refractivity contribution in [3.63, 3.8) is 0 Å². The van der Waals surface area contributed by atoms with Crippen LogP contribution in [0.2, 0.25) is 0 Å². The average Bonchev–Trinajstić information content (AvgIpc) is 2.30. The van der Waals surface area contributed by atoms with Crippen molar-refractivity contribution in [2.75, 3.05) is 6.61 Å². The first-order valence-electron chi connectivity index (χ1n) is 5.25. The highest BCUT2D eigenvalue weighted by atomic mass is 19.1. The van der Waals surface area contributed by atoms with Crippen LogP contribution in [0.1, 0.15) is 24.2 Å². The van der Waals surface area contributed by atoms with Gasteiger partial charge in [-0.25, -0.2) is 4.39 Å². The molecule has 0 bridgehead atoms. The number of aliphatic hydroxyl groups excluding tert-OH is 1. The average molecular weight is 274 g/mol. The number of nitro groups is 1. The van der Waals surface area contributed by atoms with E-state index in [1.165, 1.54) is 13.8 Å². The Hall–Kier alpha value is -2.09. The zero-order chi connectivity index (χ0) is 14.8. The summed E-state index contributed by atoms with van der Waals surface area (Å²) in [5.74, 6) is -3.56. The van der Waals surface area contributed by atoms with E-state index in [2.05, 4.69) is 5.32 Å². The standard InChI is InChI=1S/C11H12F2N2O4/c1-11(2,5-16)14-10(17)7-3-6(12)4-8(9(7)13)15(18)19/h3-4,16H,5H2,1-2H3,(H,14,17). The number of carbonyl (C=O) groups excluding carboxylic acids is 1. The number of hydrogen-bond donors (Lipinski definition) is 2. The molecule has 0 radical (unpaired) electrons. The zero-order valence-corrected chi connectivity index (χ0v) is 10.2. The van der Waals surface area contributed by atoms with Gasteiger partial charge in [0.25, 0.3) is 5.91 Å². The Morgan fingerprint density at radius 1 is 1.47 bits per heavy atom. The van der Waals surface area contributed by atoms with Crippen LogP contribution in [0.5, 0.6) is 0 Å². The van der Waals surface area contributed by atoms with Crippen molar-refractivity contribution in [2.45, 2.75) is 19.4 Å². The first-order valence-corrected chi connectivity index (χ1v) is 5.25. The maximum absolute atomic E-state index is 13.7. The third-order valence-electron chi connectivity index (χ3n) is 2.31. The monoisotopic (exact) mass is 274 g/mol. The second kappa shape index (κ2) is 5.27. The van der Waals surface area contributed by atoms with E-state index in [-0.39, 0.29) is 0 Å². The second-order valence-corrected chi connectivity index (χ2v) is 4.54. The lowest BCUT2D eigenvalue weighted by atomic mass is 10.1. The maximum atomic E-state index is 13.7. The minimum atomic E-state index is -1.42. The lowest BCUT2D eigenvalue weighted by Gasteiger charge is -2.23. The van der Waals surface area contributed by atoms with Crippen molar-refractivity contribution in [1.29, 1.82) is 0 Å². The van der Waals surface area contributed by atoms with Crippen molar-refractivity contribution in [1.82, 2.24) is 5.32 Å². The molecule has 0 aliphatic heterocycles. The van der Waals surface area contributed by atoms with E-state index in [9.17, 15) is 23.7 Å². The summed E-state index contributed by atoms with van der Waals surface area (Å²) in [5.41, 5.74) is -2.97. The Bertz CT molecular complexity index is 532. The van der Waals surface area contributed by atoms with Gasteiger partial charge in [-0.05, 0) is 19.9 Å². The predicted molar refractivity (Wildman–Crippen MR) is 61.6 cm³/mol. The highest BCUT2D eigenvalue weighted by Gasteiger charge is 2.27. The Labute approximate surface area is 107 Å². The molecule has 1 aromatic carbocycles. The van der Waals surface area contributed by atoms with E-state index in [1.807, 2.05) is 0 Å². The SMILES string of the molecule is CC(C)(CO)NC(=O)c1cc(F)cc([N+](=O)[O-])c1F. The number of nitrogens with zero attached hydrogens (tertiary/aromatic N) is 1. The number of carbonyl (C=O) groups is 1. The van der Waals surface area contributed by atoms with Crippen LogP contribution in [-0.4, -0.2) is 28.1 Å². The molecule has 0 spiro atoms. The van der Waals surface area contributed by atoms with Crippen LogP contribution in [0.3, 0.4) is 0 Å². The smallest absolute Gasteiger partial charge is 0.308 e. The molecule has 0 aliphatic carbocycles. The van der Waals surface area contributed by atoms with Crippen molar-refractivity contribution < 1.29 is 23.6 Å². The van der Waals surface area contributed by atoms with Crippen molar-refractivity contribution in [3.05, 3.63) is 39.4 Å². The molecule has 0 fully saturated rings. The second-order valence-electron chi connectivity index (χ2n) is 4.54. The van der Waals surface area contributed by atoms with E-state index < -0.39 is 45.9 Å². The van der Waals surface area contributed by atoms with Gasteiger partial charge in [-0.1, -0.05) is 0 Å². The fraction of sp³-hybridized carbons (Fsp3) is 0.364. The predicted octanol–water partition coefficient (Wildman–Crippen LogP) is 1.37. The van der Waals surface area contributed by atoms with Crippen LogP contribution in [0.4, 0.5) is 14.5 Å². The van der Waals surface area contributed by atoms with Gasteiger partial charge >= 0.3 is 5.69 Å². The molecule has 0 aromatic heterocycles. The number of aliphatic hydroxyl groups is 1. The van der Waals surface area contributed by atoms with E-state index in [0.717, 1.165) is 0 Å². The Kier molecular flexibility index (Phi) is 4.15. The molecule has 8 heteroatoms. The van der Waals surface area contributed by atoms with Crippen LogP contribution in [0.15, 0.2) is 12.1 Å². The zero-order valence-electron chi connectivity index (χ0n) is 10.2. The number of nitro benzene ring substituents is 1. The third kappa shape index (κ3) is 3.44. The summed E-state index contributed by atoms with van der Waals surface area (Å²) in [5, 5.41) is 21.7.